The van der Waals surface area contributed by atoms with E-state index in [0.717, 1.165) is 48.1 Å². The summed E-state index contributed by atoms with van der Waals surface area (Å²) in [5.74, 6) is 0. The van der Waals surface area contributed by atoms with Crippen molar-refractivity contribution in [3.05, 3.63) is 63.1 Å². The van der Waals surface area contributed by atoms with Crippen LogP contribution in [0.3, 0.4) is 0 Å². The Bertz CT molecular complexity index is 1090. The van der Waals surface area contributed by atoms with Gasteiger partial charge in [0.2, 0.25) is 0 Å². The fourth-order valence-corrected chi connectivity index (χ4v) is 5.51. The van der Waals surface area contributed by atoms with E-state index in [4.69, 9.17) is 39.8 Å². The van der Waals surface area contributed by atoms with Gasteiger partial charge in [-0.1, -0.05) is 112 Å². The van der Waals surface area contributed by atoms with Crippen LogP contribution in [0.25, 0.3) is 22.2 Å². The molecule has 0 saturated heterocycles. The van der Waals surface area contributed by atoms with E-state index in [1.54, 1.807) is 6.07 Å². The molecule has 0 amide bonds. The maximum atomic E-state index is 11.6. The average molecular weight is 564 g/mol. The highest BCUT2D eigenvalue weighted by Gasteiger charge is 2.21. The summed E-state index contributed by atoms with van der Waals surface area (Å²) in [5, 5.41) is 14.1. The van der Waals surface area contributed by atoms with Gasteiger partial charge in [-0.15, -0.1) is 0 Å². The molecule has 37 heavy (non-hydrogen) atoms. The van der Waals surface area contributed by atoms with Gasteiger partial charge >= 0.3 is 0 Å². The predicted octanol–water partition coefficient (Wildman–Crippen LogP) is 10.1. The molecule has 3 aromatic rings. The molecule has 1 atom stereocenters. The van der Waals surface area contributed by atoms with Crippen molar-refractivity contribution >= 4 is 45.7 Å². The minimum absolute atomic E-state index is 0.500. The summed E-state index contributed by atoms with van der Waals surface area (Å²) in [6.07, 6.45) is 11.7. The van der Waals surface area contributed by atoms with Crippen molar-refractivity contribution in [2.24, 2.45) is 0 Å². The number of hydrogen-bond donors (Lipinski definition) is 1. The number of rotatable bonds is 16. The third-order valence-electron chi connectivity index (χ3n) is 6.93. The van der Waals surface area contributed by atoms with E-state index < -0.39 is 6.10 Å². The number of aromatic nitrogens is 1. The van der Waals surface area contributed by atoms with E-state index in [1.165, 1.54) is 51.4 Å². The first-order valence-electron chi connectivity index (χ1n) is 13.9. The second-order valence-corrected chi connectivity index (χ2v) is 11.3. The number of halogens is 3. The Morgan fingerprint density at radius 2 is 1.35 bits per heavy atom. The number of hydrogen-bond acceptors (Lipinski definition) is 3. The van der Waals surface area contributed by atoms with Gasteiger partial charge in [-0.05, 0) is 56.3 Å². The van der Waals surface area contributed by atoms with Crippen LogP contribution in [0, 0.1) is 0 Å². The highest BCUT2D eigenvalue weighted by atomic mass is 35.5. The SMILES string of the molecule is CCCCCCCN(CCCCCCC)CC(O)c1cc2cc(Cl)cc(Cl)c2nc1-c1ccc(Cl)cc1. The first kappa shape index (κ1) is 30.2. The number of aliphatic hydroxyl groups is 1. The molecule has 3 rings (SSSR count). The lowest BCUT2D eigenvalue weighted by molar-refractivity contribution is 0.110. The third-order valence-corrected chi connectivity index (χ3v) is 7.69. The minimum Gasteiger partial charge on any atom is -0.387 e. The van der Waals surface area contributed by atoms with Crippen molar-refractivity contribution in [1.29, 1.82) is 0 Å². The Labute approximate surface area is 238 Å². The fraction of sp³-hybridized carbons (Fsp3) is 0.516. The van der Waals surface area contributed by atoms with Crippen molar-refractivity contribution in [3.63, 3.8) is 0 Å². The fourth-order valence-electron chi connectivity index (χ4n) is 4.83. The smallest absolute Gasteiger partial charge is 0.0938 e. The number of fused-ring (bicyclic) bond motifs is 1. The Morgan fingerprint density at radius 3 is 1.95 bits per heavy atom. The van der Waals surface area contributed by atoms with Crippen molar-refractivity contribution in [3.8, 4) is 11.3 Å². The molecular weight excluding hydrogens is 523 g/mol. The van der Waals surface area contributed by atoms with Gasteiger partial charge in [0.05, 0.1) is 22.3 Å². The largest absolute Gasteiger partial charge is 0.387 e. The van der Waals surface area contributed by atoms with Crippen molar-refractivity contribution in [2.45, 2.75) is 84.2 Å². The zero-order chi connectivity index (χ0) is 26.6. The van der Waals surface area contributed by atoms with E-state index in [9.17, 15) is 5.11 Å². The van der Waals surface area contributed by atoms with Crippen LogP contribution in [0.5, 0.6) is 0 Å². The van der Waals surface area contributed by atoms with E-state index in [-0.39, 0.29) is 0 Å². The molecule has 1 N–H and O–H groups in total. The number of unbranched alkanes of at least 4 members (excludes halogenated alkanes) is 8. The van der Waals surface area contributed by atoms with Crippen LogP contribution in [0.1, 0.15) is 89.7 Å². The van der Waals surface area contributed by atoms with Crippen LogP contribution >= 0.6 is 34.8 Å². The maximum absolute atomic E-state index is 11.6. The van der Waals surface area contributed by atoms with Gasteiger partial charge in [-0.2, -0.15) is 0 Å². The lowest BCUT2D eigenvalue weighted by atomic mass is 9.98. The molecule has 0 aliphatic heterocycles. The third kappa shape index (κ3) is 9.41. The summed E-state index contributed by atoms with van der Waals surface area (Å²) in [6, 6.07) is 13.1. The summed E-state index contributed by atoms with van der Waals surface area (Å²) in [7, 11) is 0. The molecule has 0 saturated carbocycles. The molecule has 2 aromatic carbocycles. The summed E-state index contributed by atoms with van der Waals surface area (Å²) < 4.78 is 0. The van der Waals surface area contributed by atoms with Crippen LogP contribution < -0.4 is 0 Å². The summed E-state index contributed by atoms with van der Waals surface area (Å²) in [4.78, 5) is 7.36. The van der Waals surface area contributed by atoms with Crippen LogP contribution in [0.15, 0.2) is 42.5 Å². The van der Waals surface area contributed by atoms with Crippen molar-refractivity contribution in [2.75, 3.05) is 19.6 Å². The van der Waals surface area contributed by atoms with Crippen LogP contribution in [-0.4, -0.2) is 34.6 Å². The minimum atomic E-state index is -0.688. The first-order chi connectivity index (χ1) is 17.9. The molecule has 0 fully saturated rings. The zero-order valence-electron chi connectivity index (χ0n) is 22.3. The van der Waals surface area contributed by atoms with E-state index >= 15 is 0 Å². The average Bonchev–Trinajstić information content (AvgIpc) is 2.88. The van der Waals surface area contributed by atoms with Gasteiger partial charge in [0.25, 0.3) is 0 Å². The number of pyridine rings is 1. The lowest BCUT2D eigenvalue weighted by Gasteiger charge is -2.26. The van der Waals surface area contributed by atoms with Crippen LogP contribution in [0.2, 0.25) is 15.1 Å². The normalized spacial score (nSPS) is 12.5. The molecule has 0 spiro atoms. The Balaban J connectivity index is 1.86. The Kier molecular flexibility index (Phi) is 13.0. The van der Waals surface area contributed by atoms with Crippen LogP contribution in [-0.2, 0) is 0 Å². The Hall–Kier alpha value is -1.36. The quantitative estimate of drug-likeness (QED) is 0.176. The highest BCUT2D eigenvalue weighted by molar-refractivity contribution is 6.38. The monoisotopic (exact) mass is 562 g/mol. The summed E-state index contributed by atoms with van der Waals surface area (Å²) in [6.45, 7) is 7.07. The van der Waals surface area contributed by atoms with Crippen molar-refractivity contribution < 1.29 is 5.11 Å². The Morgan fingerprint density at radius 1 is 0.757 bits per heavy atom. The van der Waals surface area contributed by atoms with Gasteiger partial charge < -0.3 is 10.0 Å². The van der Waals surface area contributed by atoms with Gasteiger partial charge in [0, 0.05) is 33.1 Å². The van der Waals surface area contributed by atoms with Gasteiger partial charge in [0.1, 0.15) is 0 Å². The predicted molar refractivity (Wildman–Crippen MR) is 161 cm³/mol. The molecule has 0 radical (unpaired) electrons. The molecule has 202 valence electrons. The zero-order valence-corrected chi connectivity index (χ0v) is 24.6. The molecular formula is C31H41Cl3N2O. The molecule has 3 nitrogen and oxygen atoms in total. The van der Waals surface area contributed by atoms with E-state index in [1.807, 2.05) is 36.4 Å². The number of aliphatic hydroxyl groups excluding tert-OH is 1. The second kappa shape index (κ2) is 15.9. The standard InChI is InChI=1S/C31H41Cl3N2O/c1-3-5-7-9-11-17-36(18-12-10-8-6-4-2)22-29(37)27-20-24-19-26(33)21-28(34)31(24)35-30(27)23-13-15-25(32)16-14-23/h13-16,19-21,29,37H,3-12,17-18,22H2,1-2H3. The highest BCUT2D eigenvalue weighted by Crippen LogP contribution is 2.35. The van der Waals surface area contributed by atoms with Gasteiger partial charge in [-0.25, -0.2) is 4.98 Å². The molecule has 1 unspecified atom stereocenters. The first-order valence-corrected chi connectivity index (χ1v) is 15.0. The molecule has 6 heteroatoms. The summed E-state index contributed by atoms with van der Waals surface area (Å²) >= 11 is 19.0. The van der Waals surface area contributed by atoms with Gasteiger partial charge in [0.15, 0.2) is 0 Å². The topological polar surface area (TPSA) is 36.4 Å². The van der Waals surface area contributed by atoms with E-state index in [2.05, 4.69) is 18.7 Å². The molecule has 1 heterocycles. The van der Waals surface area contributed by atoms with E-state index in [0.29, 0.717) is 27.1 Å². The molecule has 0 bridgehead atoms. The second-order valence-electron chi connectivity index (χ2n) is 10.0. The van der Waals surface area contributed by atoms with Crippen LogP contribution in [0.4, 0.5) is 0 Å². The number of nitrogens with zero attached hydrogens (tertiary/aromatic N) is 2. The molecule has 0 aliphatic rings. The van der Waals surface area contributed by atoms with Crippen molar-refractivity contribution in [1.82, 2.24) is 9.88 Å². The summed E-state index contributed by atoms with van der Waals surface area (Å²) in [5.41, 5.74) is 3.09. The number of benzene rings is 2. The van der Waals surface area contributed by atoms with Gasteiger partial charge in [-0.3, -0.25) is 0 Å². The maximum Gasteiger partial charge on any atom is 0.0938 e. The lowest BCUT2D eigenvalue weighted by Crippen LogP contribution is -2.31. The molecule has 1 aromatic heterocycles. The molecule has 0 aliphatic carbocycles.